The normalized spacial score (nSPS) is 10.4. The lowest BCUT2D eigenvalue weighted by Crippen LogP contribution is -2.19. The quantitative estimate of drug-likeness (QED) is 0.472. The molecule has 0 aliphatic rings. The molecule has 1 amide bonds. The number of primary amides is 1. The molecule has 1 heterocycles. The van der Waals surface area contributed by atoms with Crippen LogP contribution in [0.4, 0.5) is 5.69 Å². The molecule has 0 aliphatic carbocycles. The Labute approximate surface area is 159 Å². The van der Waals surface area contributed by atoms with E-state index in [2.05, 4.69) is 0 Å². The highest BCUT2D eigenvalue weighted by molar-refractivity contribution is 5.98. The minimum Gasteiger partial charge on any atom is -0.492 e. The van der Waals surface area contributed by atoms with E-state index < -0.39 is 10.8 Å². The number of nitrogens with two attached hydrogens (primary N) is 1. The van der Waals surface area contributed by atoms with E-state index in [1.165, 1.54) is 24.3 Å². The zero-order valence-electron chi connectivity index (χ0n) is 14.7. The highest BCUT2D eigenvalue weighted by atomic mass is 16.6. The molecular weight excluding hydrogens is 364 g/mol. The molecule has 9 nitrogen and oxygen atoms in total. The largest absolute Gasteiger partial charge is 0.492 e. The summed E-state index contributed by atoms with van der Waals surface area (Å²) < 4.78 is 12.6. The number of nitro groups is 1. The minimum absolute atomic E-state index is 0.0235. The van der Waals surface area contributed by atoms with Gasteiger partial charge in [0.2, 0.25) is 0 Å². The van der Waals surface area contributed by atoms with Gasteiger partial charge in [0.1, 0.15) is 29.9 Å². The van der Waals surface area contributed by atoms with E-state index in [0.717, 1.165) is 10.9 Å². The molecule has 0 saturated carbocycles. The van der Waals surface area contributed by atoms with Crippen LogP contribution in [0.2, 0.25) is 0 Å². The number of amides is 1. The summed E-state index contributed by atoms with van der Waals surface area (Å²) in [5.41, 5.74) is 6.50. The third-order valence-corrected chi connectivity index (χ3v) is 4.06. The van der Waals surface area contributed by atoms with Gasteiger partial charge in [0.05, 0.1) is 17.0 Å². The van der Waals surface area contributed by atoms with E-state index in [1.54, 1.807) is 28.8 Å². The Kier molecular flexibility index (Phi) is 5.41. The van der Waals surface area contributed by atoms with Crippen LogP contribution in [0.15, 0.2) is 48.5 Å². The van der Waals surface area contributed by atoms with Crippen molar-refractivity contribution in [1.29, 1.82) is 5.26 Å². The number of nitrogens with zero attached hydrogens (tertiary/aromatic N) is 3. The molecule has 3 rings (SSSR count). The molecule has 0 radical (unpaired) electrons. The monoisotopic (exact) mass is 380 g/mol. The maximum Gasteiger partial charge on any atom is 0.269 e. The van der Waals surface area contributed by atoms with Crippen LogP contribution in [0.3, 0.4) is 0 Å². The maximum atomic E-state index is 11.8. The Morgan fingerprint density at radius 2 is 1.86 bits per heavy atom. The lowest BCUT2D eigenvalue weighted by atomic mass is 10.2. The van der Waals surface area contributed by atoms with E-state index >= 15 is 0 Å². The topological polar surface area (TPSA) is 133 Å². The number of hydrogen-bond acceptors (Lipinski definition) is 6. The molecule has 0 fully saturated rings. The van der Waals surface area contributed by atoms with E-state index in [-0.39, 0.29) is 18.9 Å². The summed E-state index contributed by atoms with van der Waals surface area (Å²) in [4.78, 5) is 22.0. The number of aromatic nitrogens is 1. The molecule has 0 atom stereocenters. The van der Waals surface area contributed by atoms with Crippen molar-refractivity contribution >= 4 is 22.5 Å². The minimum atomic E-state index is -0.578. The Balaban J connectivity index is 1.80. The van der Waals surface area contributed by atoms with Gasteiger partial charge < -0.3 is 19.8 Å². The fourth-order valence-electron chi connectivity index (χ4n) is 2.80. The molecular formula is C19H16N4O5. The summed E-state index contributed by atoms with van der Waals surface area (Å²) >= 11 is 0. The van der Waals surface area contributed by atoms with Crippen LogP contribution in [0.1, 0.15) is 10.5 Å². The first-order chi connectivity index (χ1) is 13.5. The number of rotatable bonds is 8. The van der Waals surface area contributed by atoms with Crippen LogP contribution in [-0.2, 0) is 6.54 Å². The SMILES string of the molecule is N#CCOc1ccc2cc(C(N)=O)n(CCOc3ccc([N+](=O)[O-])cc3)c2c1. The van der Waals surface area contributed by atoms with Gasteiger partial charge in [-0.15, -0.1) is 0 Å². The predicted octanol–water partition coefficient (Wildman–Crippen LogP) is 2.63. The number of fused-ring (bicyclic) bond motifs is 1. The smallest absolute Gasteiger partial charge is 0.269 e. The number of non-ortho nitro benzene ring substituents is 1. The fourth-order valence-corrected chi connectivity index (χ4v) is 2.80. The molecule has 0 bridgehead atoms. The number of carbonyl (C=O) groups excluding carboxylic acids is 1. The lowest BCUT2D eigenvalue weighted by molar-refractivity contribution is -0.384. The van der Waals surface area contributed by atoms with Gasteiger partial charge in [0.25, 0.3) is 11.6 Å². The standard InChI is InChI=1S/C19H16N4O5/c20-7-9-27-16-4-1-13-11-18(19(21)24)22(17(13)12-16)8-10-28-15-5-2-14(3-6-15)23(25)26/h1-6,11-12H,8-10H2,(H2,21,24). The molecule has 0 saturated heterocycles. The Hall–Kier alpha value is -4.06. The Morgan fingerprint density at radius 3 is 2.50 bits per heavy atom. The highest BCUT2D eigenvalue weighted by Gasteiger charge is 2.14. The van der Waals surface area contributed by atoms with Crippen LogP contribution in [-0.4, -0.2) is 28.6 Å². The number of carbonyl (C=O) groups is 1. The van der Waals surface area contributed by atoms with Gasteiger partial charge in [-0.1, -0.05) is 0 Å². The first-order valence-electron chi connectivity index (χ1n) is 8.29. The molecule has 3 aromatic rings. The first kappa shape index (κ1) is 18.7. The summed E-state index contributed by atoms with van der Waals surface area (Å²) in [7, 11) is 0. The highest BCUT2D eigenvalue weighted by Crippen LogP contribution is 2.25. The van der Waals surface area contributed by atoms with E-state index in [9.17, 15) is 14.9 Å². The van der Waals surface area contributed by atoms with Crippen molar-refractivity contribution in [1.82, 2.24) is 4.57 Å². The van der Waals surface area contributed by atoms with Crippen molar-refractivity contribution in [2.75, 3.05) is 13.2 Å². The van der Waals surface area contributed by atoms with Crippen molar-refractivity contribution in [3.63, 3.8) is 0 Å². The second-order valence-electron chi connectivity index (χ2n) is 5.81. The van der Waals surface area contributed by atoms with Crippen molar-refractivity contribution in [2.24, 2.45) is 5.73 Å². The fraction of sp³-hybridized carbons (Fsp3) is 0.158. The van der Waals surface area contributed by atoms with Crippen molar-refractivity contribution in [2.45, 2.75) is 6.54 Å². The molecule has 2 N–H and O–H groups in total. The van der Waals surface area contributed by atoms with Gasteiger partial charge in [-0.05, 0) is 30.3 Å². The summed E-state index contributed by atoms with van der Waals surface area (Å²) in [6.07, 6.45) is 0. The van der Waals surface area contributed by atoms with Crippen molar-refractivity contribution < 1.29 is 19.2 Å². The number of nitro benzene ring substituents is 1. The molecule has 142 valence electrons. The second kappa shape index (κ2) is 8.09. The van der Waals surface area contributed by atoms with Gasteiger partial charge in [0.15, 0.2) is 6.61 Å². The van der Waals surface area contributed by atoms with Gasteiger partial charge in [-0.25, -0.2) is 0 Å². The zero-order valence-corrected chi connectivity index (χ0v) is 14.7. The zero-order chi connectivity index (χ0) is 20.1. The third kappa shape index (κ3) is 4.02. The van der Waals surface area contributed by atoms with Crippen LogP contribution in [0.5, 0.6) is 11.5 Å². The summed E-state index contributed by atoms with van der Waals surface area (Å²) in [5.74, 6) is 0.396. The predicted molar refractivity (Wildman–Crippen MR) is 100 cm³/mol. The molecule has 9 heteroatoms. The lowest BCUT2D eigenvalue weighted by Gasteiger charge is -2.11. The van der Waals surface area contributed by atoms with E-state index in [4.69, 9.17) is 20.5 Å². The Bertz CT molecular complexity index is 1070. The summed E-state index contributed by atoms with van der Waals surface area (Å²) in [5, 5.41) is 20.1. The number of benzene rings is 2. The molecule has 0 spiro atoms. The molecule has 1 aromatic heterocycles. The van der Waals surface area contributed by atoms with Gasteiger partial charge in [-0.2, -0.15) is 5.26 Å². The molecule has 0 unspecified atom stereocenters. The van der Waals surface area contributed by atoms with E-state index in [0.29, 0.717) is 23.7 Å². The number of nitriles is 1. The van der Waals surface area contributed by atoms with Crippen LogP contribution in [0.25, 0.3) is 10.9 Å². The van der Waals surface area contributed by atoms with Crippen molar-refractivity contribution in [3.05, 3.63) is 64.3 Å². The van der Waals surface area contributed by atoms with Crippen LogP contribution < -0.4 is 15.2 Å². The number of hydrogen-bond donors (Lipinski definition) is 1. The molecule has 2 aromatic carbocycles. The maximum absolute atomic E-state index is 11.8. The van der Waals surface area contributed by atoms with Crippen LogP contribution in [0, 0.1) is 21.4 Å². The molecule has 0 aliphatic heterocycles. The number of ether oxygens (including phenoxy) is 2. The van der Waals surface area contributed by atoms with Crippen LogP contribution >= 0.6 is 0 Å². The first-order valence-corrected chi connectivity index (χ1v) is 8.29. The summed E-state index contributed by atoms with van der Waals surface area (Å²) in [6.45, 7) is 0.448. The molecule has 28 heavy (non-hydrogen) atoms. The second-order valence-corrected chi connectivity index (χ2v) is 5.81. The average molecular weight is 380 g/mol. The van der Waals surface area contributed by atoms with Crippen molar-refractivity contribution in [3.8, 4) is 17.6 Å². The van der Waals surface area contributed by atoms with Gasteiger partial charge in [0, 0.05) is 23.6 Å². The van der Waals surface area contributed by atoms with E-state index in [1.807, 2.05) is 6.07 Å². The average Bonchev–Trinajstić information content (AvgIpc) is 3.05. The van der Waals surface area contributed by atoms with Gasteiger partial charge in [-0.3, -0.25) is 14.9 Å². The Morgan fingerprint density at radius 1 is 1.14 bits per heavy atom. The third-order valence-electron chi connectivity index (χ3n) is 4.06. The summed E-state index contributed by atoms with van der Waals surface area (Å²) in [6, 6.07) is 14.5. The van der Waals surface area contributed by atoms with Gasteiger partial charge >= 0.3 is 0 Å².